The minimum Gasteiger partial charge on any atom is -0.354 e. The van der Waals surface area contributed by atoms with E-state index < -0.39 is 29.1 Å². The Bertz CT molecular complexity index is 845. The maximum atomic E-state index is 13.2. The van der Waals surface area contributed by atoms with Gasteiger partial charge in [-0.05, 0) is 42.7 Å². The zero-order valence-corrected chi connectivity index (χ0v) is 16.4. The van der Waals surface area contributed by atoms with Gasteiger partial charge in [0.1, 0.15) is 5.82 Å². The van der Waals surface area contributed by atoms with E-state index in [1.807, 2.05) is 0 Å². The number of aromatic nitrogens is 1. The van der Waals surface area contributed by atoms with E-state index in [-0.39, 0.29) is 5.56 Å². The van der Waals surface area contributed by atoms with Crippen LogP contribution in [0.3, 0.4) is 0 Å². The Labute approximate surface area is 164 Å². The van der Waals surface area contributed by atoms with Crippen LogP contribution >= 0.6 is 0 Å². The van der Waals surface area contributed by atoms with Gasteiger partial charge in [0.15, 0.2) is 11.8 Å². The number of hydrogen-bond donors (Lipinski definition) is 1. The minimum atomic E-state index is -1.33. The highest BCUT2D eigenvalue weighted by Crippen LogP contribution is 2.16. The van der Waals surface area contributed by atoms with Crippen LogP contribution in [0.5, 0.6) is 0 Å². The molecule has 0 aliphatic carbocycles. The maximum Gasteiger partial charge on any atom is 0.251 e. The molecule has 2 atom stereocenters. The number of pyridine rings is 1. The fourth-order valence-electron chi connectivity index (χ4n) is 3.08. The molecule has 1 aromatic heterocycles. The molecule has 0 bridgehead atoms. The number of ketones is 1. The van der Waals surface area contributed by atoms with E-state index in [0.29, 0.717) is 12.5 Å². The number of halogens is 1. The molecule has 0 aliphatic heterocycles. The third-order valence-electron chi connectivity index (χ3n) is 4.86. The Hall–Kier alpha value is -2.76. The molecule has 0 radical (unpaired) electrons. The van der Waals surface area contributed by atoms with Crippen LogP contribution in [0.2, 0.25) is 0 Å². The second-order valence-electron chi connectivity index (χ2n) is 6.88. The van der Waals surface area contributed by atoms with E-state index in [1.54, 1.807) is 12.1 Å². The van der Waals surface area contributed by atoms with Crippen molar-refractivity contribution in [2.45, 2.75) is 45.6 Å². The Morgan fingerprint density at radius 1 is 1.11 bits per heavy atom. The van der Waals surface area contributed by atoms with E-state index in [9.17, 15) is 18.8 Å². The number of unbranched alkanes of at least 4 members (excludes halogenated alkanes) is 1. The van der Waals surface area contributed by atoms with Gasteiger partial charge in [0, 0.05) is 24.4 Å². The smallest absolute Gasteiger partial charge is 0.251 e. The van der Waals surface area contributed by atoms with Crippen LogP contribution in [-0.4, -0.2) is 22.8 Å². The zero-order valence-electron chi connectivity index (χ0n) is 16.4. The molecule has 0 saturated carbocycles. The van der Waals surface area contributed by atoms with Crippen molar-refractivity contribution in [2.24, 2.45) is 5.92 Å². The van der Waals surface area contributed by atoms with Crippen LogP contribution in [0.15, 0.2) is 53.5 Å². The van der Waals surface area contributed by atoms with E-state index in [4.69, 9.17) is 0 Å². The van der Waals surface area contributed by atoms with Gasteiger partial charge in [0.2, 0.25) is 0 Å². The molecule has 0 saturated heterocycles. The lowest BCUT2D eigenvalue weighted by molar-refractivity contribution is -0.123. The van der Waals surface area contributed by atoms with Crippen molar-refractivity contribution < 1.29 is 14.0 Å². The Kier molecular flexibility index (Phi) is 8.11. The SMILES string of the molecule is CCCC[C@@H](CC)CNC(=O)[C@@H](C(=O)c1ccc(F)cc1)n1ccccc1=O. The first-order chi connectivity index (χ1) is 13.5. The quantitative estimate of drug-likeness (QED) is 0.500. The number of amides is 1. The van der Waals surface area contributed by atoms with Gasteiger partial charge in [-0.1, -0.05) is 39.2 Å². The van der Waals surface area contributed by atoms with E-state index >= 15 is 0 Å². The lowest BCUT2D eigenvalue weighted by Crippen LogP contribution is -2.42. The van der Waals surface area contributed by atoms with E-state index in [2.05, 4.69) is 19.2 Å². The van der Waals surface area contributed by atoms with Crippen LogP contribution < -0.4 is 10.9 Å². The van der Waals surface area contributed by atoms with Gasteiger partial charge in [-0.25, -0.2) is 4.39 Å². The standard InChI is InChI=1S/C22H27FN2O3/c1-3-5-8-16(4-2)15-24-22(28)20(25-14-7-6-9-19(25)26)21(27)17-10-12-18(23)13-11-17/h6-7,9-14,16,20H,3-5,8,15H2,1-2H3,(H,24,28)/t16-,20-/m1/s1. The second kappa shape index (κ2) is 10.5. The van der Waals surface area contributed by atoms with Crippen molar-refractivity contribution >= 4 is 11.7 Å². The fraction of sp³-hybridized carbons (Fsp3) is 0.409. The fourth-order valence-corrected chi connectivity index (χ4v) is 3.08. The van der Waals surface area contributed by atoms with Crippen LogP contribution in [0.25, 0.3) is 0 Å². The largest absolute Gasteiger partial charge is 0.354 e. The molecule has 1 heterocycles. The molecule has 2 rings (SSSR count). The third-order valence-corrected chi connectivity index (χ3v) is 4.86. The number of carbonyl (C=O) groups is 2. The van der Waals surface area contributed by atoms with Gasteiger partial charge in [-0.15, -0.1) is 0 Å². The van der Waals surface area contributed by atoms with Crippen molar-refractivity contribution in [2.75, 3.05) is 6.54 Å². The third kappa shape index (κ3) is 5.62. The average molecular weight is 386 g/mol. The van der Waals surface area contributed by atoms with E-state index in [1.165, 1.54) is 24.4 Å². The Balaban J connectivity index is 2.27. The molecule has 0 spiro atoms. The van der Waals surface area contributed by atoms with Crippen molar-refractivity contribution in [3.8, 4) is 0 Å². The maximum absolute atomic E-state index is 13.2. The first-order valence-corrected chi connectivity index (χ1v) is 9.72. The summed E-state index contributed by atoms with van der Waals surface area (Å²) in [7, 11) is 0. The predicted molar refractivity (Wildman–Crippen MR) is 107 cm³/mol. The van der Waals surface area contributed by atoms with Crippen molar-refractivity contribution in [3.05, 3.63) is 70.4 Å². The average Bonchev–Trinajstić information content (AvgIpc) is 2.70. The molecule has 150 valence electrons. The molecule has 5 nitrogen and oxygen atoms in total. The Morgan fingerprint density at radius 2 is 1.82 bits per heavy atom. The van der Waals surface area contributed by atoms with Crippen LogP contribution in [0, 0.1) is 11.7 Å². The number of Topliss-reactive ketones (excluding diaryl/α,β-unsaturated/α-hetero) is 1. The summed E-state index contributed by atoms with van der Waals surface area (Å²) < 4.78 is 14.3. The Morgan fingerprint density at radius 3 is 2.43 bits per heavy atom. The molecule has 1 N–H and O–H groups in total. The minimum absolute atomic E-state index is 0.176. The monoisotopic (exact) mass is 386 g/mol. The predicted octanol–water partition coefficient (Wildman–Crippen LogP) is 3.74. The van der Waals surface area contributed by atoms with Crippen molar-refractivity contribution in [1.29, 1.82) is 0 Å². The molecule has 0 unspecified atom stereocenters. The molecule has 1 aromatic carbocycles. The summed E-state index contributed by atoms with van der Waals surface area (Å²) in [6.45, 7) is 4.63. The summed E-state index contributed by atoms with van der Waals surface area (Å²) in [5.41, 5.74) is -0.272. The van der Waals surface area contributed by atoms with Crippen LogP contribution in [0.4, 0.5) is 4.39 Å². The van der Waals surface area contributed by atoms with Crippen LogP contribution in [-0.2, 0) is 4.79 Å². The van der Waals surface area contributed by atoms with E-state index in [0.717, 1.165) is 42.4 Å². The lowest BCUT2D eigenvalue weighted by Gasteiger charge is -2.21. The molecule has 6 heteroatoms. The topological polar surface area (TPSA) is 68.2 Å². The van der Waals surface area contributed by atoms with Crippen molar-refractivity contribution in [1.82, 2.24) is 9.88 Å². The number of nitrogens with zero attached hydrogens (tertiary/aromatic N) is 1. The second-order valence-corrected chi connectivity index (χ2v) is 6.88. The molecule has 1 amide bonds. The van der Waals surface area contributed by atoms with Crippen molar-refractivity contribution in [3.63, 3.8) is 0 Å². The zero-order chi connectivity index (χ0) is 20.5. The molecule has 0 fully saturated rings. The first kappa shape index (κ1) is 21.5. The molecule has 2 aromatic rings. The highest BCUT2D eigenvalue weighted by molar-refractivity contribution is 6.11. The normalized spacial score (nSPS) is 13.0. The highest BCUT2D eigenvalue weighted by Gasteiger charge is 2.30. The van der Waals surface area contributed by atoms with Gasteiger partial charge in [-0.3, -0.25) is 19.0 Å². The molecule has 0 aliphatic rings. The highest BCUT2D eigenvalue weighted by atomic mass is 19.1. The summed E-state index contributed by atoms with van der Waals surface area (Å²) >= 11 is 0. The number of hydrogen-bond acceptors (Lipinski definition) is 3. The first-order valence-electron chi connectivity index (χ1n) is 9.72. The summed E-state index contributed by atoms with van der Waals surface area (Å²) in [5.74, 6) is -1.24. The summed E-state index contributed by atoms with van der Waals surface area (Å²) in [5, 5.41) is 2.84. The summed E-state index contributed by atoms with van der Waals surface area (Å²) in [4.78, 5) is 38.2. The lowest BCUT2D eigenvalue weighted by atomic mass is 9.98. The van der Waals surface area contributed by atoms with Gasteiger partial charge < -0.3 is 5.32 Å². The molecular formula is C22H27FN2O3. The summed E-state index contributed by atoms with van der Waals surface area (Å²) in [6, 6.07) is 8.08. The molecular weight excluding hydrogens is 359 g/mol. The van der Waals surface area contributed by atoms with Gasteiger partial charge >= 0.3 is 0 Å². The number of nitrogens with one attached hydrogen (secondary N) is 1. The summed E-state index contributed by atoms with van der Waals surface area (Å²) in [6.07, 6.45) is 5.49. The molecule has 28 heavy (non-hydrogen) atoms. The number of carbonyl (C=O) groups excluding carboxylic acids is 2. The number of benzene rings is 1. The number of rotatable bonds is 10. The van der Waals surface area contributed by atoms with Crippen LogP contribution in [0.1, 0.15) is 55.9 Å². The van der Waals surface area contributed by atoms with Gasteiger partial charge in [-0.2, -0.15) is 0 Å². The van der Waals surface area contributed by atoms with Gasteiger partial charge in [0.25, 0.3) is 11.5 Å². The van der Waals surface area contributed by atoms with Gasteiger partial charge in [0.05, 0.1) is 0 Å².